The van der Waals surface area contributed by atoms with Gasteiger partial charge in [0, 0.05) is 32.4 Å². The van der Waals surface area contributed by atoms with Crippen LogP contribution in [-0.2, 0) is 40.4 Å². The molecule has 0 spiro atoms. The van der Waals surface area contributed by atoms with E-state index in [0.717, 1.165) is 0 Å². The lowest BCUT2D eigenvalue weighted by Gasteiger charge is -2.17. The first kappa shape index (κ1) is 24.4. The van der Waals surface area contributed by atoms with Crippen molar-refractivity contribution < 1.29 is 17.4 Å². The molecule has 1 amide bonds. The summed E-state index contributed by atoms with van der Waals surface area (Å²) in [5, 5.41) is 10.2. The van der Waals surface area contributed by atoms with Gasteiger partial charge in [-0.15, -0.1) is 0 Å². The third kappa shape index (κ3) is 4.84. The molecule has 1 unspecified atom stereocenters. The van der Waals surface area contributed by atoms with Gasteiger partial charge in [0.1, 0.15) is 16.8 Å². The van der Waals surface area contributed by atoms with Crippen LogP contribution in [0.15, 0.2) is 29.3 Å². The summed E-state index contributed by atoms with van der Waals surface area (Å²) in [5.74, 6) is -0.0959. The van der Waals surface area contributed by atoms with E-state index in [9.17, 15) is 13.8 Å². The van der Waals surface area contributed by atoms with Crippen LogP contribution >= 0.6 is 11.6 Å². The molecule has 1 aliphatic heterocycles. The molecule has 13 nitrogen and oxygen atoms in total. The smallest absolute Gasteiger partial charge is 0.302 e. The summed E-state index contributed by atoms with van der Waals surface area (Å²) in [4.78, 5) is 34.3. The van der Waals surface area contributed by atoms with Gasteiger partial charge in [0.25, 0.3) is 11.5 Å². The summed E-state index contributed by atoms with van der Waals surface area (Å²) >= 11 is 4.47. The molecule has 5 heterocycles. The van der Waals surface area contributed by atoms with Crippen molar-refractivity contribution >= 4 is 46.0 Å². The molecule has 0 bridgehead atoms. The topological polar surface area (TPSA) is 151 Å². The van der Waals surface area contributed by atoms with Crippen LogP contribution in [0.2, 0.25) is 5.15 Å². The van der Waals surface area contributed by atoms with Gasteiger partial charge in [-0.25, -0.2) is 9.97 Å². The minimum Gasteiger partial charge on any atom is -0.302 e. The first-order valence-electron chi connectivity index (χ1n) is 11.0. The number of pyridine rings is 1. The molecular weight excluding hydrogens is 512 g/mol. The molecule has 1 fully saturated rings. The lowest BCUT2D eigenvalue weighted by Crippen LogP contribution is -2.21. The number of rotatable bonds is 7. The molecule has 1 saturated heterocycles. The number of carbonyl (C=O) groups is 1. The average molecular weight is 535 g/mol. The molecule has 36 heavy (non-hydrogen) atoms. The van der Waals surface area contributed by atoms with Gasteiger partial charge in [0.05, 0.1) is 24.1 Å². The Kier molecular flexibility index (Phi) is 6.51. The van der Waals surface area contributed by atoms with Crippen LogP contribution in [0.4, 0.5) is 5.95 Å². The number of aromatic nitrogens is 7. The Hall–Kier alpha value is -3.33. The first-order chi connectivity index (χ1) is 17.2. The molecule has 0 saturated carbocycles. The Morgan fingerprint density at radius 1 is 1.36 bits per heavy atom. The molecule has 0 radical (unpaired) electrons. The number of hydrogen-bond donors (Lipinski definition) is 2. The molecule has 0 aromatic carbocycles. The van der Waals surface area contributed by atoms with E-state index >= 15 is 0 Å². The van der Waals surface area contributed by atoms with Gasteiger partial charge in [-0.1, -0.05) is 18.5 Å². The second-order valence-electron chi connectivity index (χ2n) is 8.67. The number of anilines is 1. The van der Waals surface area contributed by atoms with Gasteiger partial charge >= 0.3 is 11.4 Å². The SMILES string of the molecule is C[C@H](C[C@H]1COS(=O)O1)Cn1c(NC(=O)c2cc(Cl)nc(-c3c[nH]n(C)c3=O)c2)nc2cn(C)nc21. The van der Waals surface area contributed by atoms with Crippen molar-refractivity contribution in [1.29, 1.82) is 0 Å². The second kappa shape index (κ2) is 9.61. The zero-order chi connectivity index (χ0) is 25.6. The Morgan fingerprint density at radius 2 is 2.17 bits per heavy atom. The molecular formula is C21H23ClN8O5S. The van der Waals surface area contributed by atoms with Crippen LogP contribution in [0.5, 0.6) is 0 Å². The highest BCUT2D eigenvalue weighted by molar-refractivity contribution is 7.75. The fraction of sp³-hybridized carbons (Fsp3) is 0.381. The molecule has 1 aliphatic rings. The van der Waals surface area contributed by atoms with Gasteiger partial charge in [-0.2, -0.15) is 9.31 Å². The van der Waals surface area contributed by atoms with Crippen molar-refractivity contribution in [2.75, 3.05) is 11.9 Å². The van der Waals surface area contributed by atoms with Crippen molar-refractivity contribution in [3.8, 4) is 11.3 Å². The minimum absolute atomic E-state index is 0.0653. The van der Waals surface area contributed by atoms with Crippen LogP contribution in [0.1, 0.15) is 23.7 Å². The number of amides is 1. The molecule has 2 N–H and O–H groups in total. The largest absolute Gasteiger partial charge is 0.305 e. The molecule has 5 rings (SSSR count). The Bertz CT molecular complexity index is 1540. The maximum atomic E-state index is 13.2. The standard InChI is InChI=1S/C21H23ClN8O5S/c1-11(4-13-10-34-36(33)35-13)8-30-18-16(9-28(2)27-18)25-21(30)26-19(31)12-5-15(24-17(22)6-12)14-7-23-29(3)20(14)32/h5-7,9,11,13,23H,4,8,10H2,1-3H3,(H,25,26,31)/t11-,13+,36?/m1/s1. The fourth-order valence-electron chi connectivity index (χ4n) is 4.10. The Balaban J connectivity index is 1.41. The number of imidazole rings is 1. The minimum atomic E-state index is -1.71. The van der Waals surface area contributed by atoms with Crippen molar-refractivity contribution in [3.05, 3.63) is 45.6 Å². The summed E-state index contributed by atoms with van der Waals surface area (Å²) in [6.07, 6.45) is 3.58. The van der Waals surface area contributed by atoms with Gasteiger partial charge in [-0.3, -0.25) is 37.2 Å². The van der Waals surface area contributed by atoms with E-state index in [2.05, 4.69) is 25.5 Å². The van der Waals surface area contributed by atoms with E-state index < -0.39 is 17.3 Å². The number of hydrogen-bond acceptors (Lipinski definition) is 8. The molecule has 4 aromatic rings. The number of H-pyrrole nitrogens is 1. The van der Waals surface area contributed by atoms with E-state index in [1.807, 2.05) is 11.5 Å². The number of carbonyl (C=O) groups excluding carboxylic acids is 1. The molecule has 3 atom stereocenters. The third-order valence-corrected chi connectivity index (χ3v) is 6.70. The molecule has 15 heteroatoms. The highest BCUT2D eigenvalue weighted by Crippen LogP contribution is 2.25. The quantitative estimate of drug-likeness (QED) is 0.340. The highest BCUT2D eigenvalue weighted by atomic mass is 35.5. The Labute approximate surface area is 212 Å². The number of fused-ring (bicyclic) bond motifs is 1. The maximum absolute atomic E-state index is 13.2. The van der Waals surface area contributed by atoms with Crippen LogP contribution in [0.3, 0.4) is 0 Å². The van der Waals surface area contributed by atoms with Gasteiger partial charge in [-0.05, 0) is 24.5 Å². The monoisotopic (exact) mass is 534 g/mol. The predicted molar refractivity (Wildman–Crippen MR) is 131 cm³/mol. The normalized spacial score (nSPS) is 18.7. The van der Waals surface area contributed by atoms with Crippen molar-refractivity contribution in [1.82, 2.24) is 34.1 Å². The summed E-state index contributed by atoms with van der Waals surface area (Å²) in [6.45, 7) is 2.74. The van der Waals surface area contributed by atoms with Crippen molar-refractivity contribution in [2.45, 2.75) is 26.0 Å². The number of aryl methyl sites for hydroxylation is 2. The summed E-state index contributed by atoms with van der Waals surface area (Å²) in [6, 6.07) is 2.92. The van der Waals surface area contributed by atoms with E-state index in [4.69, 9.17) is 20.0 Å². The van der Waals surface area contributed by atoms with Gasteiger partial charge < -0.3 is 5.10 Å². The number of halogens is 1. The van der Waals surface area contributed by atoms with E-state index in [-0.39, 0.29) is 40.6 Å². The fourth-order valence-corrected chi connectivity index (χ4v) is 4.99. The highest BCUT2D eigenvalue weighted by Gasteiger charge is 2.27. The van der Waals surface area contributed by atoms with Crippen LogP contribution in [0.25, 0.3) is 22.4 Å². The third-order valence-electron chi connectivity index (χ3n) is 5.75. The van der Waals surface area contributed by atoms with E-state index in [1.165, 1.54) is 23.0 Å². The van der Waals surface area contributed by atoms with Gasteiger partial charge in [0.15, 0.2) is 5.65 Å². The lowest BCUT2D eigenvalue weighted by molar-refractivity contribution is 0.102. The first-order valence-corrected chi connectivity index (χ1v) is 12.4. The number of aromatic amines is 1. The maximum Gasteiger partial charge on any atom is 0.305 e. The zero-order valence-electron chi connectivity index (χ0n) is 19.6. The van der Waals surface area contributed by atoms with Crippen LogP contribution in [-0.4, -0.2) is 56.9 Å². The van der Waals surface area contributed by atoms with Crippen LogP contribution < -0.4 is 10.9 Å². The summed E-state index contributed by atoms with van der Waals surface area (Å²) in [7, 11) is 3.37. The van der Waals surface area contributed by atoms with Crippen molar-refractivity contribution in [2.24, 2.45) is 20.0 Å². The van der Waals surface area contributed by atoms with Gasteiger partial charge in [0.2, 0.25) is 5.95 Å². The van der Waals surface area contributed by atoms with Crippen molar-refractivity contribution in [3.63, 3.8) is 0 Å². The lowest BCUT2D eigenvalue weighted by atomic mass is 10.0. The second-order valence-corrected chi connectivity index (χ2v) is 9.90. The predicted octanol–water partition coefficient (Wildman–Crippen LogP) is 1.78. The zero-order valence-corrected chi connectivity index (χ0v) is 21.2. The Morgan fingerprint density at radius 3 is 2.86 bits per heavy atom. The van der Waals surface area contributed by atoms with E-state index in [1.54, 1.807) is 25.0 Å². The molecule has 0 aliphatic carbocycles. The number of nitrogens with one attached hydrogen (secondary N) is 2. The average Bonchev–Trinajstić information content (AvgIpc) is 3.55. The number of nitrogens with zero attached hydrogens (tertiary/aromatic N) is 6. The summed E-state index contributed by atoms with van der Waals surface area (Å²) < 4.78 is 26.4. The summed E-state index contributed by atoms with van der Waals surface area (Å²) in [5.41, 5.74) is 1.71. The molecule has 190 valence electrons. The van der Waals surface area contributed by atoms with E-state index in [0.29, 0.717) is 35.6 Å². The molecule has 4 aromatic heterocycles. The van der Waals surface area contributed by atoms with Crippen LogP contribution in [0, 0.1) is 5.92 Å².